The lowest BCUT2D eigenvalue weighted by atomic mass is 10.2. The maximum atomic E-state index is 12.4. The summed E-state index contributed by atoms with van der Waals surface area (Å²) in [6.07, 6.45) is 0. The van der Waals surface area contributed by atoms with Gasteiger partial charge in [0.2, 0.25) is 5.91 Å². The maximum absolute atomic E-state index is 12.4. The number of carbonyl (C=O) groups is 1. The third-order valence-electron chi connectivity index (χ3n) is 3.83. The largest absolute Gasteiger partial charge is 0.497 e. The number of amides is 1. The first-order valence-corrected chi connectivity index (χ1v) is 9.66. The van der Waals surface area contributed by atoms with Crippen molar-refractivity contribution in [3.8, 4) is 23.0 Å². The number of carbonyl (C=O) groups excluding carboxylic acids is 1. The second-order valence-corrected chi connectivity index (χ2v) is 7.07. The van der Waals surface area contributed by atoms with Crippen LogP contribution in [0.5, 0.6) is 11.5 Å². The van der Waals surface area contributed by atoms with Gasteiger partial charge in [0.1, 0.15) is 11.5 Å². The lowest BCUT2D eigenvalue weighted by Crippen LogP contribution is -2.22. The summed E-state index contributed by atoms with van der Waals surface area (Å²) in [5, 5.41) is 10.9. The number of nitrogens with one attached hydrogen (secondary N) is 1. The molecule has 1 amide bonds. The van der Waals surface area contributed by atoms with Gasteiger partial charge in [-0.2, -0.15) is 0 Å². The summed E-state index contributed by atoms with van der Waals surface area (Å²) in [4.78, 5) is 12.4. The van der Waals surface area contributed by atoms with Crippen LogP contribution < -0.4 is 14.8 Å². The number of nitrogens with zero attached hydrogens (tertiary/aromatic N) is 2. The van der Waals surface area contributed by atoms with Crippen LogP contribution in [0, 0.1) is 0 Å². The number of hydrogen-bond donors (Lipinski definition) is 1. The van der Waals surface area contributed by atoms with Crippen LogP contribution >= 0.6 is 11.8 Å². The van der Waals surface area contributed by atoms with Crippen molar-refractivity contribution in [1.82, 2.24) is 10.2 Å². The molecule has 3 aromatic rings. The average Bonchev–Trinajstić information content (AvgIpc) is 3.17. The van der Waals surface area contributed by atoms with Crippen LogP contribution in [0.15, 0.2) is 58.2 Å². The fourth-order valence-electron chi connectivity index (χ4n) is 2.41. The Bertz CT molecular complexity index is 927. The molecule has 0 spiro atoms. The van der Waals surface area contributed by atoms with E-state index in [0.29, 0.717) is 29.2 Å². The summed E-state index contributed by atoms with van der Waals surface area (Å²) in [7, 11) is 1.59. The molecule has 0 saturated heterocycles. The van der Waals surface area contributed by atoms with Gasteiger partial charge in [0.15, 0.2) is 0 Å². The standard InChI is InChI=1S/C20H21N3O4S/c1-4-26-17-8-6-5-7-16(17)19-22-23-20(27-19)28-13(2)18(24)21-14-9-11-15(25-3)12-10-14/h5-13H,4H2,1-3H3,(H,21,24). The van der Waals surface area contributed by atoms with Crippen molar-refractivity contribution in [3.63, 3.8) is 0 Å². The van der Waals surface area contributed by atoms with Crippen molar-refractivity contribution in [2.75, 3.05) is 19.0 Å². The number of benzene rings is 2. The first-order chi connectivity index (χ1) is 13.6. The Morgan fingerprint density at radius 2 is 1.93 bits per heavy atom. The molecule has 0 fully saturated rings. The summed E-state index contributed by atoms with van der Waals surface area (Å²) < 4.78 is 16.4. The van der Waals surface area contributed by atoms with Gasteiger partial charge >= 0.3 is 0 Å². The maximum Gasteiger partial charge on any atom is 0.277 e. The summed E-state index contributed by atoms with van der Waals surface area (Å²) in [5.74, 6) is 1.60. The normalized spacial score (nSPS) is 11.7. The van der Waals surface area contributed by atoms with Gasteiger partial charge in [-0.3, -0.25) is 4.79 Å². The quantitative estimate of drug-likeness (QED) is 0.566. The predicted octanol–water partition coefficient (Wildman–Crippen LogP) is 4.26. The molecule has 1 atom stereocenters. The van der Waals surface area contributed by atoms with E-state index in [1.54, 1.807) is 38.3 Å². The van der Waals surface area contributed by atoms with E-state index in [1.807, 2.05) is 31.2 Å². The zero-order valence-electron chi connectivity index (χ0n) is 15.8. The van der Waals surface area contributed by atoms with Crippen molar-refractivity contribution in [3.05, 3.63) is 48.5 Å². The highest BCUT2D eigenvalue weighted by molar-refractivity contribution is 8.00. The fraction of sp³-hybridized carbons (Fsp3) is 0.250. The first kappa shape index (κ1) is 19.8. The van der Waals surface area contributed by atoms with Crippen LogP contribution in [-0.2, 0) is 4.79 Å². The highest BCUT2D eigenvalue weighted by atomic mass is 32.2. The SMILES string of the molecule is CCOc1ccccc1-c1nnc(SC(C)C(=O)Nc2ccc(OC)cc2)o1. The third-order valence-corrected chi connectivity index (χ3v) is 4.76. The van der Waals surface area contributed by atoms with Crippen molar-refractivity contribution in [1.29, 1.82) is 0 Å². The van der Waals surface area contributed by atoms with Crippen LogP contribution in [0.4, 0.5) is 5.69 Å². The second-order valence-electron chi connectivity index (χ2n) is 5.78. The van der Waals surface area contributed by atoms with Crippen molar-refractivity contribution in [2.45, 2.75) is 24.3 Å². The Kier molecular flexibility index (Phi) is 6.54. The molecule has 2 aromatic carbocycles. The smallest absolute Gasteiger partial charge is 0.277 e. The Morgan fingerprint density at radius 3 is 2.64 bits per heavy atom. The topological polar surface area (TPSA) is 86.5 Å². The number of hydrogen-bond acceptors (Lipinski definition) is 7. The molecule has 1 aromatic heterocycles. The molecule has 7 nitrogen and oxygen atoms in total. The van der Waals surface area contributed by atoms with Crippen LogP contribution in [0.3, 0.4) is 0 Å². The molecule has 1 N–H and O–H groups in total. The Hall–Kier alpha value is -3.00. The minimum atomic E-state index is -0.419. The Balaban J connectivity index is 1.64. The summed E-state index contributed by atoms with van der Waals surface area (Å²) in [6, 6.07) is 14.6. The van der Waals surface area contributed by atoms with Crippen LogP contribution in [0.1, 0.15) is 13.8 Å². The van der Waals surface area contributed by atoms with Crippen LogP contribution in [0.2, 0.25) is 0 Å². The van der Waals surface area contributed by atoms with Gasteiger partial charge in [-0.25, -0.2) is 0 Å². The van der Waals surface area contributed by atoms with E-state index < -0.39 is 5.25 Å². The van der Waals surface area contributed by atoms with Gasteiger partial charge in [-0.15, -0.1) is 10.2 Å². The third kappa shape index (κ3) is 4.83. The molecule has 0 aliphatic rings. The molecule has 0 aliphatic carbocycles. The highest BCUT2D eigenvalue weighted by Gasteiger charge is 2.20. The molecule has 0 bridgehead atoms. The van der Waals surface area contributed by atoms with Crippen LogP contribution in [0.25, 0.3) is 11.5 Å². The van der Waals surface area contributed by atoms with E-state index >= 15 is 0 Å². The number of para-hydroxylation sites is 1. The van der Waals surface area contributed by atoms with Gasteiger partial charge in [-0.05, 0) is 50.2 Å². The molecular weight excluding hydrogens is 378 g/mol. The molecule has 0 aliphatic heterocycles. The molecular formula is C20H21N3O4S. The Morgan fingerprint density at radius 1 is 1.18 bits per heavy atom. The van der Waals surface area contributed by atoms with Crippen molar-refractivity contribution in [2.24, 2.45) is 0 Å². The zero-order valence-corrected chi connectivity index (χ0v) is 16.7. The monoisotopic (exact) mass is 399 g/mol. The van der Waals surface area contributed by atoms with E-state index in [1.165, 1.54) is 11.8 Å². The van der Waals surface area contributed by atoms with Gasteiger partial charge in [0.05, 0.1) is 24.5 Å². The fourth-order valence-corrected chi connectivity index (χ4v) is 3.10. The lowest BCUT2D eigenvalue weighted by molar-refractivity contribution is -0.115. The van der Waals surface area contributed by atoms with Gasteiger partial charge < -0.3 is 19.2 Å². The molecule has 0 radical (unpaired) electrons. The molecule has 1 heterocycles. The van der Waals surface area contributed by atoms with Gasteiger partial charge in [0, 0.05) is 5.69 Å². The summed E-state index contributed by atoms with van der Waals surface area (Å²) >= 11 is 1.20. The number of thioether (sulfide) groups is 1. The van der Waals surface area contributed by atoms with Gasteiger partial charge in [0.25, 0.3) is 11.1 Å². The van der Waals surface area contributed by atoms with E-state index in [2.05, 4.69) is 15.5 Å². The number of anilines is 1. The van der Waals surface area contributed by atoms with Gasteiger partial charge in [-0.1, -0.05) is 23.9 Å². The molecule has 3 rings (SSSR count). The lowest BCUT2D eigenvalue weighted by Gasteiger charge is -2.10. The van der Waals surface area contributed by atoms with Crippen molar-refractivity contribution < 1.29 is 18.7 Å². The predicted molar refractivity (Wildman–Crippen MR) is 108 cm³/mol. The zero-order chi connectivity index (χ0) is 19.9. The highest BCUT2D eigenvalue weighted by Crippen LogP contribution is 2.32. The average molecular weight is 399 g/mol. The minimum Gasteiger partial charge on any atom is -0.497 e. The Labute approximate surface area is 167 Å². The van der Waals surface area contributed by atoms with E-state index in [9.17, 15) is 4.79 Å². The first-order valence-electron chi connectivity index (χ1n) is 8.78. The van der Waals surface area contributed by atoms with E-state index in [4.69, 9.17) is 13.9 Å². The second kappa shape index (κ2) is 9.27. The number of methoxy groups -OCH3 is 1. The molecule has 1 unspecified atom stereocenters. The van der Waals surface area contributed by atoms with E-state index in [-0.39, 0.29) is 5.91 Å². The molecule has 0 saturated carbocycles. The van der Waals surface area contributed by atoms with Crippen LogP contribution in [-0.4, -0.2) is 35.1 Å². The number of rotatable bonds is 8. The molecule has 146 valence electrons. The minimum absolute atomic E-state index is 0.162. The van der Waals surface area contributed by atoms with Crippen molar-refractivity contribution >= 4 is 23.4 Å². The molecule has 8 heteroatoms. The molecule has 28 heavy (non-hydrogen) atoms. The summed E-state index contributed by atoms with van der Waals surface area (Å²) in [5.41, 5.74) is 1.41. The number of aromatic nitrogens is 2. The number of ether oxygens (including phenoxy) is 2. The van der Waals surface area contributed by atoms with E-state index in [0.717, 1.165) is 11.3 Å². The summed E-state index contributed by atoms with van der Waals surface area (Å²) in [6.45, 7) is 4.23.